The highest BCUT2D eigenvalue weighted by atomic mass is 16.2. The maximum absolute atomic E-state index is 11.9. The molecule has 3 nitrogen and oxygen atoms in total. The van der Waals surface area contributed by atoms with Crippen LogP contribution in [0.4, 0.5) is 5.69 Å². The van der Waals surface area contributed by atoms with Crippen LogP contribution in [0.1, 0.15) is 37.8 Å². The molecular formula is C17H26N2O. The maximum Gasteiger partial charge on any atom is 0.222 e. The molecule has 0 aliphatic carbocycles. The topological polar surface area (TPSA) is 23.6 Å². The smallest absolute Gasteiger partial charge is 0.222 e. The highest BCUT2D eigenvalue weighted by molar-refractivity contribution is 5.76. The molecule has 0 spiro atoms. The maximum atomic E-state index is 11.9. The van der Waals surface area contributed by atoms with E-state index >= 15 is 0 Å². The number of carbonyl (C=O) groups excluding carboxylic acids is 1. The van der Waals surface area contributed by atoms with Crippen LogP contribution in [0.5, 0.6) is 0 Å². The predicted molar refractivity (Wildman–Crippen MR) is 84.3 cm³/mol. The molecule has 0 aromatic heterocycles. The Balaban J connectivity index is 2.02. The molecule has 1 aliphatic rings. The molecule has 1 saturated heterocycles. The zero-order valence-corrected chi connectivity index (χ0v) is 13.0. The van der Waals surface area contributed by atoms with Gasteiger partial charge in [0.25, 0.3) is 0 Å². The van der Waals surface area contributed by atoms with Crippen molar-refractivity contribution in [2.45, 2.75) is 40.0 Å². The van der Waals surface area contributed by atoms with Crippen LogP contribution in [-0.4, -0.2) is 37.0 Å². The molecule has 1 fully saturated rings. The standard InChI is InChI=1S/C17H26N2O/c1-4-7-17(20)19-12-10-18(11-13-19)16-9-6-8-15(5-2)14(16)3/h6,8-9H,4-5,7,10-13H2,1-3H3. The van der Waals surface area contributed by atoms with Gasteiger partial charge in [-0.15, -0.1) is 0 Å². The molecule has 0 saturated carbocycles. The number of hydrogen-bond acceptors (Lipinski definition) is 2. The SMILES string of the molecule is CCCC(=O)N1CCN(c2cccc(CC)c2C)CC1. The van der Waals surface area contributed by atoms with Crippen molar-refractivity contribution in [3.05, 3.63) is 29.3 Å². The molecule has 1 amide bonds. The highest BCUT2D eigenvalue weighted by Gasteiger charge is 2.21. The lowest BCUT2D eigenvalue weighted by molar-refractivity contribution is -0.131. The van der Waals surface area contributed by atoms with Crippen LogP contribution in [0, 0.1) is 6.92 Å². The Morgan fingerprint density at radius 2 is 1.85 bits per heavy atom. The number of amides is 1. The van der Waals surface area contributed by atoms with Gasteiger partial charge in [0.1, 0.15) is 0 Å². The van der Waals surface area contributed by atoms with Crippen molar-refractivity contribution >= 4 is 11.6 Å². The number of nitrogens with zero attached hydrogens (tertiary/aromatic N) is 2. The molecule has 2 rings (SSSR count). The van der Waals surface area contributed by atoms with Crippen LogP contribution >= 0.6 is 0 Å². The summed E-state index contributed by atoms with van der Waals surface area (Å²) in [6.45, 7) is 10.1. The van der Waals surface area contributed by atoms with Crippen molar-refractivity contribution < 1.29 is 4.79 Å². The third-order valence-electron chi connectivity index (χ3n) is 4.24. The molecule has 0 radical (unpaired) electrons. The molecule has 0 N–H and O–H groups in total. The molecule has 1 aromatic rings. The number of piperazine rings is 1. The summed E-state index contributed by atoms with van der Waals surface area (Å²) in [5.41, 5.74) is 4.15. The van der Waals surface area contributed by atoms with Crippen molar-refractivity contribution in [2.75, 3.05) is 31.1 Å². The zero-order chi connectivity index (χ0) is 14.5. The van der Waals surface area contributed by atoms with E-state index in [2.05, 4.69) is 43.9 Å². The van der Waals surface area contributed by atoms with Crippen molar-refractivity contribution in [1.29, 1.82) is 0 Å². The first-order chi connectivity index (χ1) is 9.67. The first kappa shape index (κ1) is 14.9. The Bertz CT molecular complexity index is 462. The van der Waals surface area contributed by atoms with E-state index in [0.29, 0.717) is 12.3 Å². The lowest BCUT2D eigenvalue weighted by atomic mass is 10.0. The van der Waals surface area contributed by atoms with Crippen molar-refractivity contribution in [2.24, 2.45) is 0 Å². The molecule has 1 aliphatic heterocycles. The minimum atomic E-state index is 0.311. The molecule has 110 valence electrons. The number of carbonyl (C=O) groups is 1. The fraction of sp³-hybridized carbons (Fsp3) is 0.588. The molecule has 3 heteroatoms. The first-order valence-corrected chi connectivity index (χ1v) is 7.78. The first-order valence-electron chi connectivity index (χ1n) is 7.78. The minimum Gasteiger partial charge on any atom is -0.368 e. The van der Waals surface area contributed by atoms with E-state index in [1.54, 1.807) is 0 Å². The number of anilines is 1. The Morgan fingerprint density at radius 3 is 2.45 bits per heavy atom. The van der Waals surface area contributed by atoms with Crippen LogP contribution < -0.4 is 4.90 Å². The van der Waals surface area contributed by atoms with E-state index < -0.39 is 0 Å². The van der Waals surface area contributed by atoms with Crippen LogP contribution in [0.2, 0.25) is 0 Å². The van der Waals surface area contributed by atoms with Crippen LogP contribution in [-0.2, 0) is 11.2 Å². The fourth-order valence-corrected chi connectivity index (χ4v) is 2.96. The summed E-state index contributed by atoms with van der Waals surface area (Å²) < 4.78 is 0. The molecule has 0 unspecified atom stereocenters. The average Bonchev–Trinajstić information content (AvgIpc) is 2.48. The van der Waals surface area contributed by atoms with Gasteiger partial charge in [-0.3, -0.25) is 4.79 Å². The van der Waals surface area contributed by atoms with E-state index in [-0.39, 0.29) is 0 Å². The molecule has 1 aromatic carbocycles. The van der Waals surface area contributed by atoms with Gasteiger partial charge < -0.3 is 9.80 Å². The van der Waals surface area contributed by atoms with Gasteiger partial charge in [-0.25, -0.2) is 0 Å². The summed E-state index contributed by atoms with van der Waals surface area (Å²) in [7, 11) is 0. The van der Waals surface area contributed by atoms with Gasteiger partial charge in [-0.1, -0.05) is 26.0 Å². The Labute approximate surface area is 122 Å². The molecular weight excluding hydrogens is 248 g/mol. The van der Waals surface area contributed by atoms with E-state index in [1.165, 1.54) is 16.8 Å². The molecule has 20 heavy (non-hydrogen) atoms. The third kappa shape index (κ3) is 3.14. The molecule has 0 atom stereocenters. The van der Waals surface area contributed by atoms with Gasteiger partial charge in [0.15, 0.2) is 0 Å². The summed E-state index contributed by atoms with van der Waals surface area (Å²) in [6, 6.07) is 6.56. The van der Waals surface area contributed by atoms with Gasteiger partial charge in [0, 0.05) is 38.3 Å². The predicted octanol–water partition coefficient (Wildman–Crippen LogP) is 3.01. The summed E-state index contributed by atoms with van der Waals surface area (Å²) in [4.78, 5) is 16.3. The monoisotopic (exact) mass is 274 g/mol. The van der Waals surface area contributed by atoms with Crippen molar-refractivity contribution in [3.63, 3.8) is 0 Å². The fourth-order valence-electron chi connectivity index (χ4n) is 2.96. The Kier molecular flexibility index (Phi) is 5.05. The van der Waals surface area contributed by atoms with Gasteiger partial charge in [0.2, 0.25) is 5.91 Å². The van der Waals surface area contributed by atoms with Gasteiger partial charge >= 0.3 is 0 Å². The largest absolute Gasteiger partial charge is 0.368 e. The van der Waals surface area contributed by atoms with E-state index in [1.807, 2.05) is 4.90 Å². The van der Waals surface area contributed by atoms with Gasteiger partial charge in [-0.05, 0) is 37.0 Å². The zero-order valence-electron chi connectivity index (χ0n) is 13.0. The van der Waals surface area contributed by atoms with E-state index in [9.17, 15) is 4.79 Å². The molecule has 0 bridgehead atoms. The van der Waals surface area contributed by atoms with Gasteiger partial charge in [-0.2, -0.15) is 0 Å². The summed E-state index contributed by atoms with van der Waals surface area (Å²) in [6.07, 6.45) is 2.70. The number of hydrogen-bond donors (Lipinski definition) is 0. The molecule has 1 heterocycles. The van der Waals surface area contributed by atoms with E-state index in [4.69, 9.17) is 0 Å². The quantitative estimate of drug-likeness (QED) is 0.842. The average molecular weight is 274 g/mol. The van der Waals surface area contributed by atoms with Gasteiger partial charge in [0.05, 0.1) is 0 Å². The summed E-state index contributed by atoms with van der Waals surface area (Å²) >= 11 is 0. The lowest BCUT2D eigenvalue weighted by Gasteiger charge is -2.37. The van der Waals surface area contributed by atoms with Crippen LogP contribution in [0.25, 0.3) is 0 Å². The number of rotatable bonds is 4. The minimum absolute atomic E-state index is 0.311. The van der Waals surface area contributed by atoms with Crippen LogP contribution in [0.15, 0.2) is 18.2 Å². The Morgan fingerprint density at radius 1 is 1.15 bits per heavy atom. The lowest BCUT2D eigenvalue weighted by Crippen LogP contribution is -2.49. The normalized spacial score (nSPS) is 15.6. The second kappa shape index (κ2) is 6.78. The number of benzene rings is 1. The van der Waals surface area contributed by atoms with Crippen molar-refractivity contribution in [3.8, 4) is 0 Å². The summed E-state index contributed by atoms with van der Waals surface area (Å²) in [5.74, 6) is 0.311. The van der Waals surface area contributed by atoms with Crippen molar-refractivity contribution in [1.82, 2.24) is 4.90 Å². The Hall–Kier alpha value is -1.51. The summed E-state index contributed by atoms with van der Waals surface area (Å²) in [5, 5.41) is 0. The third-order valence-corrected chi connectivity index (χ3v) is 4.24. The van der Waals surface area contributed by atoms with Crippen LogP contribution in [0.3, 0.4) is 0 Å². The van der Waals surface area contributed by atoms with E-state index in [0.717, 1.165) is 39.0 Å². The number of aryl methyl sites for hydroxylation is 1. The highest BCUT2D eigenvalue weighted by Crippen LogP contribution is 2.24. The second-order valence-corrected chi connectivity index (χ2v) is 5.53. The second-order valence-electron chi connectivity index (χ2n) is 5.53.